The molecule has 0 saturated carbocycles. The SMILES string of the molecule is NC(O)COC1CCc2ccccc2C1. The number of nitrogens with two attached hydrogens (primary N) is 1. The fourth-order valence-corrected chi connectivity index (χ4v) is 2.04. The first-order valence-electron chi connectivity index (χ1n) is 5.38. The summed E-state index contributed by atoms with van der Waals surface area (Å²) in [4.78, 5) is 0. The fraction of sp³-hybridized carbons (Fsp3) is 0.500. The molecule has 0 radical (unpaired) electrons. The molecule has 2 rings (SSSR count). The van der Waals surface area contributed by atoms with Crippen molar-refractivity contribution in [2.45, 2.75) is 31.6 Å². The summed E-state index contributed by atoms with van der Waals surface area (Å²) in [5.41, 5.74) is 8.02. The van der Waals surface area contributed by atoms with Gasteiger partial charge in [0.05, 0.1) is 12.7 Å². The molecule has 3 N–H and O–H groups in total. The van der Waals surface area contributed by atoms with Gasteiger partial charge in [-0.2, -0.15) is 0 Å². The molecular weight excluding hydrogens is 190 g/mol. The van der Waals surface area contributed by atoms with Gasteiger partial charge >= 0.3 is 0 Å². The predicted molar refractivity (Wildman–Crippen MR) is 58.4 cm³/mol. The molecule has 0 saturated heterocycles. The van der Waals surface area contributed by atoms with Crippen LogP contribution in [-0.4, -0.2) is 24.0 Å². The van der Waals surface area contributed by atoms with Crippen molar-refractivity contribution >= 4 is 0 Å². The van der Waals surface area contributed by atoms with Gasteiger partial charge in [0, 0.05) is 0 Å². The van der Waals surface area contributed by atoms with Crippen molar-refractivity contribution in [2.24, 2.45) is 5.73 Å². The van der Waals surface area contributed by atoms with E-state index in [1.54, 1.807) is 0 Å². The molecule has 2 unspecified atom stereocenters. The zero-order valence-electron chi connectivity index (χ0n) is 8.73. The summed E-state index contributed by atoms with van der Waals surface area (Å²) in [6, 6.07) is 8.44. The van der Waals surface area contributed by atoms with Gasteiger partial charge in [-0.25, -0.2) is 0 Å². The van der Waals surface area contributed by atoms with Crippen molar-refractivity contribution in [3.05, 3.63) is 35.4 Å². The summed E-state index contributed by atoms with van der Waals surface area (Å²) in [5, 5.41) is 8.93. The molecule has 1 aliphatic rings. The first-order chi connectivity index (χ1) is 7.25. The highest BCUT2D eigenvalue weighted by atomic mass is 16.5. The first kappa shape index (κ1) is 10.6. The zero-order valence-corrected chi connectivity index (χ0v) is 8.73. The Bertz CT molecular complexity index is 325. The standard InChI is InChI=1S/C12H17NO2/c13-12(14)8-15-11-6-5-9-3-1-2-4-10(9)7-11/h1-4,11-12,14H,5-8,13H2. The molecule has 2 atom stereocenters. The first-order valence-corrected chi connectivity index (χ1v) is 5.38. The van der Waals surface area contributed by atoms with Crippen LogP contribution in [0.1, 0.15) is 17.5 Å². The Kier molecular flexibility index (Phi) is 3.36. The molecule has 0 aliphatic heterocycles. The Morgan fingerprint density at radius 3 is 2.87 bits per heavy atom. The lowest BCUT2D eigenvalue weighted by molar-refractivity contribution is -0.0120. The topological polar surface area (TPSA) is 55.5 Å². The maximum atomic E-state index is 8.93. The van der Waals surface area contributed by atoms with Crippen LogP contribution in [0.5, 0.6) is 0 Å². The molecule has 3 heteroatoms. The highest BCUT2D eigenvalue weighted by molar-refractivity contribution is 5.29. The average molecular weight is 207 g/mol. The summed E-state index contributed by atoms with van der Waals surface area (Å²) in [5.74, 6) is 0. The van der Waals surface area contributed by atoms with Crippen LogP contribution in [0.2, 0.25) is 0 Å². The van der Waals surface area contributed by atoms with Crippen molar-refractivity contribution < 1.29 is 9.84 Å². The predicted octanol–water partition coefficient (Wildman–Crippen LogP) is 0.838. The van der Waals surface area contributed by atoms with Crippen LogP contribution >= 0.6 is 0 Å². The molecule has 15 heavy (non-hydrogen) atoms. The number of aliphatic hydroxyl groups is 1. The number of fused-ring (bicyclic) bond motifs is 1. The van der Waals surface area contributed by atoms with E-state index in [2.05, 4.69) is 24.3 Å². The van der Waals surface area contributed by atoms with Gasteiger partial charge in [0.15, 0.2) is 0 Å². The van der Waals surface area contributed by atoms with Crippen LogP contribution in [0.4, 0.5) is 0 Å². The van der Waals surface area contributed by atoms with E-state index < -0.39 is 6.23 Å². The van der Waals surface area contributed by atoms with Gasteiger partial charge in [-0.05, 0) is 30.4 Å². The van der Waals surface area contributed by atoms with Crippen LogP contribution in [0.15, 0.2) is 24.3 Å². The summed E-state index contributed by atoms with van der Waals surface area (Å²) >= 11 is 0. The van der Waals surface area contributed by atoms with E-state index in [0.717, 1.165) is 19.3 Å². The van der Waals surface area contributed by atoms with E-state index in [1.807, 2.05) is 0 Å². The van der Waals surface area contributed by atoms with Crippen molar-refractivity contribution in [2.75, 3.05) is 6.61 Å². The summed E-state index contributed by atoms with van der Waals surface area (Å²) in [6.07, 6.45) is 2.36. The molecule has 0 spiro atoms. The molecule has 0 heterocycles. The van der Waals surface area contributed by atoms with E-state index in [1.165, 1.54) is 11.1 Å². The molecular formula is C12H17NO2. The quantitative estimate of drug-likeness (QED) is 0.722. The monoisotopic (exact) mass is 207 g/mol. The van der Waals surface area contributed by atoms with E-state index in [-0.39, 0.29) is 12.7 Å². The molecule has 1 aliphatic carbocycles. The van der Waals surface area contributed by atoms with E-state index in [0.29, 0.717) is 0 Å². The van der Waals surface area contributed by atoms with Gasteiger partial charge in [0.1, 0.15) is 6.23 Å². The van der Waals surface area contributed by atoms with Gasteiger partial charge in [-0.15, -0.1) is 0 Å². The highest BCUT2D eigenvalue weighted by Gasteiger charge is 2.18. The Hall–Kier alpha value is -0.900. The second-order valence-corrected chi connectivity index (χ2v) is 4.03. The second-order valence-electron chi connectivity index (χ2n) is 4.03. The van der Waals surface area contributed by atoms with Gasteiger partial charge in [0.2, 0.25) is 0 Å². The Morgan fingerprint density at radius 1 is 1.40 bits per heavy atom. The minimum absolute atomic E-state index is 0.207. The Balaban J connectivity index is 1.94. The van der Waals surface area contributed by atoms with Crippen molar-refractivity contribution in [1.82, 2.24) is 0 Å². The number of ether oxygens (including phenoxy) is 1. The highest BCUT2D eigenvalue weighted by Crippen LogP contribution is 2.22. The average Bonchev–Trinajstić information content (AvgIpc) is 2.26. The summed E-state index contributed by atoms with van der Waals surface area (Å²) in [7, 11) is 0. The minimum Gasteiger partial charge on any atom is -0.376 e. The minimum atomic E-state index is -0.859. The van der Waals surface area contributed by atoms with Gasteiger partial charge < -0.3 is 15.6 Å². The van der Waals surface area contributed by atoms with Gasteiger partial charge in [-0.3, -0.25) is 0 Å². The lowest BCUT2D eigenvalue weighted by Crippen LogP contribution is -2.31. The third kappa shape index (κ3) is 2.78. The van der Waals surface area contributed by atoms with E-state index in [4.69, 9.17) is 15.6 Å². The Labute approximate surface area is 89.9 Å². The van der Waals surface area contributed by atoms with Crippen molar-refractivity contribution in [3.63, 3.8) is 0 Å². The third-order valence-corrected chi connectivity index (χ3v) is 2.80. The van der Waals surface area contributed by atoms with Crippen LogP contribution in [0.3, 0.4) is 0 Å². The number of benzene rings is 1. The normalized spacial score (nSPS) is 22.1. The largest absolute Gasteiger partial charge is 0.376 e. The molecule has 0 fully saturated rings. The van der Waals surface area contributed by atoms with Crippen LogP contribution in [-0.2, 0) is 17.6 Å². The number of hydrogen-bond donors (Lipinski definition) is 2. The molecule has 1 aromatic carbocycles. The maximum Gasteiger partial charge on any atom is 0.126 e. The zero-order chi connectivity index (χ0) is 10.7. The maximum absolute atomic E-state index is 8.93. The van der Waals surface area contributed by atoms with E-state index in [9.17, 15) is 0 Å². The Morgan fingerprint density at radius 2 is 2.13 bits per heavy atom. The number of rotatable bonds is 3. The van der Waals surface area contributed by atoms with Crippen molar-refractivity contribution in [1.29, 1.82) is 0 Å². The lowest BCUT2D eigenvalue weighted by Gasteiger charge is -2.25. The van der Waals surface area contributed by atoms with E-state index >= 15 is 0 Å². The second kappa shape index (κ2) is 4.75. The van der Waals surface area contributed by atoms with Crippen LogP contribution < -0.4 is 5.73 Å². The molecule has 1 aromatic rings. The van der Waals surface area contributed by atoms with Crippen molar-refractivity contribution in [3.8, 4) is 0 Å². The van der Waals surface area contributed by atoms with Crippen LogP contribution in [0, 0.1) is 0 Å². The molecule has 3 nitrogen and oxygen atoms in total. The smallest absolute Gasteiger partial charge is 0.126 e. The van der Waals surface area contributed by atoms with Gasteiger partial charge in [-0.1, -0.05) is 24.3 Å². The number of aryl methyl sites for hydroxylation is 1. The lowest BCUT2D eigenvalue weighted by atomic mass is 9.90. The molecule has 82 valence electrons. The molecule has 0 aromatic heterocycles. The molecule has 0 bridgehead atoms. The van der Waals surface area contributed by atoms with Crippen LogP contribution in [0.25, 0.3) is 0 Å². The number of hydrogen-bond acceptors (Lipinski definition) is 3. The fourth-order valence-electron chi connectivity index (χ4n) is 2.04. The summed E-state index contributed by atoms with van der Waals surface area (Å²) in [6.45, 7) is 0.229. The molecule has 0 amide bonds. The van der Waals surface area contributed by atoms with Gasteiger partial charge in [0.25, 0.3) is 0 Å². The number of aliphatic hydroxyl groups excluding tert-OH is 1. The summed E-state index contributed by atoms with van der Waals surface area (Å²) < 4.78 is 5.53. The third-order valence-electron chi connectivity index (χ3n) is 2.80.